The number of benzene rings is 1. The lowest BCUT2D eigenvalue weighted by atomic mass is 10.0. The summed E-state index contributed by atoms with van der Waals surface area (Å²) in [5, 5.41) is 10.2. The predicted octanol–water partition coefficient (Wildman–Crippen LogP) is 3.09. The SMILES string of the molecule is CC(C)Oc1cncc(C(O)c2ccccc2F)c1. The second-order valence-electron chi connectivity index (χ2n) is 4.54. The zero-order chi connectivity index (χ0) is 13.8. The fraction of sp³-hybridized carbons (Fsp3) is 0.267. The Kier molecular flexibility index (Phi) is 4.12. The number of aliphatic hydroxyl groups is 1. The molecule has 1 aromatic heterocycles. The monoisotopic (exact) mass is 261 g/mol. The minimum absolute atomic E-state index is 0.0163. The van der Waals surface area contributed by atoms with E-state index in [-0.39, 0.29) is 11.7 Å². The minimum atomic E-state index is -1.05. The number of nitrogens with zero attached hydrogens (tertiary/aromatic N) is 1. The highest BCUT2D eigenvalue weighted by molar-refractivity contribution is 5.33. The van der Waals surface area contributed by atoms with E-state index in [0.29, 0.717) is 11.3 Å². The number of pyridine rings is 1. The van der Waals surface area contributed by atoms with Crippen molar-refractivity contribution >= 4 is 0 Å². The fourth-order valence-corrected chi connectivity index (χ4v) is 1.80. The van der Waals surface area contributed by atoms with Crippen LogP contribution in [0.15, 0.2) is 42.7 Å². The van der Waals surface area contributed by atoms with Gasteiger partial charge in [0.15, 0.2) is 0 Å². The Morgan fingerprint density at radius 2 is 1.95 bits per heavy atom. The molecule has 0 saturated heterocycles. The van der Waals surface area contributed by atoms with Crippen LogP contribution in [-0.4, -0.2) is 16.2 Å². The Morgan fingerprint density at radius 3 is 2.63 bits per heavy atom. The molecule has 0 fully saturated rings. The van der Waals surface area contributed by atoms with E-state index in [4.69, 9.17) is 4.74 Å². The largest absolute Gasteiger partial charge is 0.489 e. The third-order valence-corrected chi connectivity index (χ3v) is 2.62. The maximum atomic E-state index is 13.6. The molecular weight excluding hydrogens is 245 g/mol. The standard InChI is InChI=1S/C15H16FNO2/c1-10(2)19-12-7-11(8-17-9-12)15(18)13-5-3-4-6-14(13)16/h3-10,15,18H,1-2H3. The van der Waals surface area contributed by atoms with Crippen LogP contribution >= 0.6 is 0 Å². The number of hydrogen-bond acceptors (Lipinski definition) is 3. The first-order valence-electron chi connectivity index (χ1n) is 6.12. The van der Waals surface area contributed by atoms with Crippen molar-refractivity contribution in [2.75, 3.05) is 0 Å². The summed E-state index contributed by atoms with van der Waals surface area (Å²) in [7, 11) is 0. The van der Waals surface area contributed by atoms with E-state index in [0.717, 1.165) is 0 Å². The normalized spacial score (nSPS) is 12.5. The summed E-state index contributed by atoms with van der Waals surface area (Å²) in [5.41, 5.74) is 0.731. The van der Waals surface area contributed by atoms with E-state index < -0.39 is 11.9 Å². The van der Waals surface area contributed by atoms with Crippen molar-refractivity contribution in [2.24, 2.45) is 0 Å². The Balaban J connectivity index is 2.29. The highest BCUT2D eigenvalue weighted by Crippen LogP contribution is 2.26. The van der Waals surface area contributed by atoms with Crippen LogP contribution in [0.1, 0.15) is 31.1 Å². The van der Waals surface area contributed by atoms with E-state index in [1.165, 1.54) is 12.3 Å². The van der Waals surface area contributed by atoms with Crippen molar-refractivity contribution in [3.63, 3.8) is 0 Å². The van der Waals surface area contributed by atoms with Crippen LogP contribution in [-0.2, 0) is 0 Å². The molecule has 1 atom stereocenters. The van der Waals surface area contributed by atoms with Gasteiger partial charge in [0, 0.05) is 17.3 Å². The highest BCUT2D eigenvalue weighted by Gasteiger charge is 2.15. The summed E-state index contributed by atoms with van der Waals surface area (Å²) in [5.74, 6) is 0.119. The molecule has 0 aliphatic rings. The van der Waals surface area contributed by atoms with Gasteiger partial charge in [0.25, 0.3) is 0 Å². The molecule has 0 aliphatic heterocycles. The average Bonchev–Trinajstić information content (AvgIpc) is 2.38. The Labute approximate surface area is 111 Å². The Hall–Kier alpha value is -1.94. The summed E-state index contributed by atoms with van der Waals surface area (Å²) in [6, 6.07) is 7.81. The molecule has 4 heteroatoms. The van der Waals surface area contributed by atoms with E-state index in [1.54, 1.807) is 30.5 Å². The maximum Gasteiger partial charge on any atom is 0.138 e. The zero-order valence-corrected chi connectivity index (χ0v) is 10.9. The summed E-state index contributed by atoms with van der Waals surface area (Å²) < 4.78 is 19.1. The molecule has 1 N–H and O–H groups in total. The van der Waals surface area contributed by atoms with Crippen LogP contribution < -0.4 is 4.74 Å². The molecule has 0 radical (unpaired) electrons. The van der Waals surface area contributed by atoms with Gasteiger partial charge < -0.3 is 9.84 Å². The molecule has 0 bridgehead atoms. The van der Waals surface area contributed by atoms with Crippen molar-refractivity contribution in [3.8, 4) is 5.75 Å². The van der Waals surface area contributed by atoms with Gasteiger partial charge in [-0.2, -0.15) is 0 Å². The fourth-order valence-electron chi connectivity index (χ4n) is 1.80. The van der Waals surface area contributed by atoms with Crippen LogP contribution in [0.2, 0.25) is 0 Å². The van der Waals surface area contributed by atoms with Crippen molar-refractivity contribution in [2.45, 2.75) is 26.1 Å². The number of rotatable bonds is 4. The first-order chi connectivity index (χ1) is 9.08. The summed E-state index contributed by atoms with van der Waals surface area (Å²) >= 11 is 0. The predicted molar refractivity (Wildman–Crippen MR) is 70.5 cm³/mol. The van der Waals surface area contributed by atoms with Crippen LogP contribution in [0.25, 0.3) is 0 Å². The van der Waals surface area contributed by atoms with Gasteiger partial charge in [-0.3, -0.25) is 4.98 Å². The van der Waals surface area contributed by atoms with Crippen LogP contribution in [0.5, 0.6) is 5.75 Å². The molecule has 19 heavy (non-hydrogen) atoms. The van der Waals surface area contributed by atoms with Crippen molar-refractivity contribution in [3.05, 3.63) is 59.7 Å². The average molecular weight is 261 g/mol. The van der Waals surface area contributed by atoms with Gasteiger partial charge in [0.1, 0.15) is 17.7 Å². The lowest BCUT2D eigenvalue weighted by Crippen LogP contribution is -2.08. The molecule has 0 spiro atoms. The molecule has 1 aromatic carbocycles. The third kappa shape index (κ3) is 3.29. The molecule has 0 aliphatic carbocycles. The maximum absolute atomic E-state index is 13.6. The van der Waals surface area contributed by atoms with E-state index in [9.17, 15) is 9.50 Å². The number of halogens is 1. The van der Waals surface area contributed by atoms with Gasteiger partial charge in [-0.1, -0.05) is 18.2 Å². The van der Waals surface area contributed by atoms with Crippen molar-refractivity contribution in [1.29, 1.82) is 0 Å². The van der Waals surface area contributed by atoms with E-state index in [2.05, 4.69) is 4.98 Å². The van der Waals surface area contributed by atoms with E-state index >= 15 is 0 Å². The molecule has 0 amide bonds. The van der Waals surface area contributed by atoms with Gasteiger partial charge in [0.2, 0.25) is 0 Å². The second-order valence-corrected chi connectivity index (χ2v) is 4.54. The molecular formula is C15H16FNO2. The van der Waals surface area contributed by atoms with E-state index in [1.807, 2.05) is 13.8 Å². The van der Waals surface area contributed by atoms with Gasteiger partial charge in [-0.15, -0.1) is 0 Å². The summed E-state index contributed by atoms with van der Waals surface area (Å²) in [6.45, 7) is 3.81. The topological polar surface area (TPSA) is 42.4 Å². The lowest BCUT2D eigenvalue weighted by Gasteiger charge is -2.14. The molecule has 100 valence electrons. The van der Waals surface area contributed by atoms with Gasteiger partial charge in [0.05, 0.1) is 12.3 Å². The Morgan fingerprint density at radius 1 is 1.21 bits per heavy atom. The quantitative estimate of drug-likeness (QED) is 0.919. The van der Waals surface area contributed by atoms with Crippen molar-refractivity contribution in [1.82, 2.24) is 4.98 Å². The second kappa shape index (κ2) is 5.80. The lowest BCUT2D eigenvalue weighted by molar-refractivity contribution is 0.211. The number of hydrogen-bond donors (Lipinski definition) is 1. The first-order valence-corrected chi connectivity index (χ1v) is 6.12. The number of ether oxygens (including phenoxy) is 1. The van der Waals surface area contributed by atoms with Crippen LogP contribution in [0.4, 0.5) is 4.39 Å². The first kappa shape index (κ1) is 13.5. The zero-order valence-electron chi connectivity index (χ0n) is 10.9. The summed E-state index contributed by atoms with van der Waals surface area (Å²) in [6.07, 6.45) is 2.04. The van der Waals surface area contributed by atoms with Crippen LogP contribution in [0, 0.1) is 5.82 Å². The Bertz CT molecular complexity index is 557. The smallest absolute Gasteiger partial charge is 0.138 e. The minimum Gasteiger partial charge on any atom is -0.489 e. The van der Waals surface area contributed by atoms with Crippen molar-refractivity contribution < 1.29 is 14.2 Å². The molecule has 2 rings (SSSR count). The number of aromatic nitrogens is 1. The molecule has 0 saturated carbocycles. The molecule has 1 heterocycles. The van der Waals surface area contributed by atoms with Gasteiger partial charge in [-0.25, -0.2) is 4.39 Å². The molecule has 3 nitrogen and oxygen atoms in total. The molecule has 2 aromatic rings. The summed E-state index contributed by atoms with van der Waals surface area (Å²) in [4.78, 5) is 4.01. The third-order valence-electron chi connectivity index (χ3n) is 2.62. The number of aliphatic hydroxyl groups excluding tert-OH is 1. The molecule has 1 unspecified atom stereocenters. The van der Waals surface area contributed by atoms with Gasteiger partial charge in [-0.05, 0) is 26.0 Å². The van der Waals surface area contributed by atoms with Gasteiger partial charge >= 0.3 is 0 Å². The van der Waals surface area contributed by atoms with Crippen LogP contribution in [0.3, 0.4) is 0 Å². The highest BCUT2D eigenvalue weighted by atomic mass is 19.1.